The Morgan fingerprint density at radius 1 is 1.42 bits per heavy atom. The Hall–Kier alpha value is -1.37. The fraction of sp³-hybridized carbons (Fsp3) is 0.500. The van der Waals surface area contributed by atoms with Crippen LogP contribution in [-0.4, -0.2) is 29.2 Å². The predicted molar refractivity (Wildman–Crippen MR) is 71.1 cm³/mol. The number of piperidine rings is 1. The number of halogens is 3. The zero-order chi connectivity index (χ0) is 14.0. The van der Waals surface area contributed by atoms with Gasteiger partial charge in [0.05, 0.1) is 5.92 Å². The molecule has 0 aromatic carbocycles. The fourth-order valence-electron chi connectivity index (χ4n) is 2.17. The number of nitrogens with zero attached hydrogens (tertiary/aromatic N) is 2. The van der Waals surface area contributed by atoms with Crippen molar-refractivity contribution in [2.24, 2.45) is 11.7 Å². The molecule has 1 aromatic rings. The van der Waals surface area contributed by atoms with Gasteiger partial charge in [-0.15, -0.1) is 0 Å². The van der Waals surface area contributed by atoms with E-state index in [0.717, 1.165) is 0 Å². The van der Waals surface area contributed by atoms with E-state index in [1.807, 2.05) is 0 Å². The lowest BCUT2D eigenvalue weighted by atomic mass is 9.97. The quantitative estimate of drug-likeness (QED) is 0.849. The second-order valence-corrected chi connectivity index (χ2v) is 5.04. The van der Waals surface area contributed by atoms with Gasteiger partial charge in [-0.2, -0.15) is 13.2 Å². The Labute approximate surface area is 114 Å². The van der Waals surface area contributed by atoms with Crippen LogP contribution in [0.25, 0.3) is 0 Å². The summed E-state index contributed by atoms with van der Waals surface area (Å²) < 4.78 is 38.2. The van der Waals surface area contributed by atoms with Crippen molar-refractivity contribution in [3.8, 4) is 0 Å². The molecule has 104 valence electrons. The van der Waals surface area contributed by atoms with Crippen LogP contribution in [-0.2, 0) is 0 Å². The second-order valence-electron chi connectivity index (χ2n) is 4.60. The number of nitrogens with two attached hydrogens (primary N) is 1. The maximum Gasteiger partial charge on any atom is 0.393 e. The average molecular weight is 289 g/mol. The van der Waals surface area contributed by atoms with Gasteiger partial charge in [0.15, 0.2) is 0 Å². The van der Waals surface area contributed by atoms with Crippen molar-refractivity contribution in [2.75, 3.05) is 18.0 Å². The highest BCUT2D eigenvalue weighted by atomic mass is 32.1. The van der Waals surface area contributed by atoms with Crippen LogP contribution in [0.15, 0.2) is 18.3 Å². The van der Waals surface area contributed by atoms with E-state index in [0.29, 0.717) is 24.3 Å². The number of alkyl halides is 3. The monoisotopic (exact) mass is 289 g/mol. The number of thiocarbonyl (C=S) groups is 1. The predicted octanol–water partition coefficient (Wildman–Crippen LogP) is 2.49. The minimum Gasteiger partial charge on any atom is -0.389 e. The normalized spacial score (nSPS) is 20.4. The van der Waals surface area contributed by atoms with Crippen molar-refractivity contribution in [1.82, 2.24) is 4.98 Å². The molecule has 7 heteroatoms. The first-order chi connectivity index (χ1) is 8.88. The Bertz CT molecular complexity index is 458. The molecule has 2 heterocycles. The number of aromatic nitrogens is 1. The topological polar surface area (TPSA) is 42.1 Å². The summed E-state index contributed by atoms with van der Waals surface area (Å²) in [4.78, 5) is 6.02. The summed E-state index contributed by atoms with van der Waals surface area (Å²) in [7, 11) is 0. The number of pyridine rings is 1. The van der Waals surface area contributed by atoms with E-state index in [4.69, 9.17) is 18.0 Å². The lowest BCUT2D eigenvalue weighted by Crippen LogP contribution is -2.42. The lowest BCUT2D eigenvalue weighted by molar-refractivity contribution is -0.176. The van der Waals surface area contributed by atoms with E-state index in [-0.39, 0.29) is 18.0 Å². The second kappa shape index (κ2) is 5.32. The molecule has 0 amide bonds. The molecular formula is C12H14F3N3S. The average Bonchev–Trinajstić information content (AvgIpc) is 2.38. The summed E-state index contributed by atoms with van der Waals surface area (Å²) in [6, 6.07) is 3.34. The van der Waals surface area contributed by atoms with Gasteiger partial charge in [-0.3, -0.25) is 0 Å². The smallest absolute Gasteiger partial charge is 0.389 e. The summed E-state index contributed by atoms with van der Waals surface area (Å²) in [6.07, 6.45) is -1.94. The van der Waals surface area contributed by atoms with Crippen molar-refractivity contribution in [3.63, 3.8) is 0 Å². The maximum atomic E-state index is 12.7. The van der Waals surface area contributed by atoms with Gasteiger partial charge in [0, 0.05) is 24.8 Å². The molecule has 1 fully saturated rings. The van der Waals surface area contributed by atoms with Gasteiger partial charge in [-0.25, -0.2) is 4.98 Å². The Morgan fingerprint density at radius 2 is 2.16 bits per heavy atom. The molecule has 19 heavy (non-hydrogen) atoms. The number of anilines is 1. The fourth-order valence-corrected chi connectivity index (χ4v) is 2.29. The molecule has 1 saturated heterocycles. The molecule has 2 rings (SSSR count). The Kier molecular flexibility index (Phi) is 3.93. The lowest BCUT2D eigenvalue weighted by Gasteiger charge is -2.34. The summed E-state index contributed by atoms with van der Waals surface area (Å²) in [5, 5.41) is 0. The molecule has 0 radical (unpaired) electrons. The maximum absolute atomic E-state index is 12.7. The molecule has 1 unspecified atom stereocenters. The molecule has 1 aliphatic heterocycles. The third-order valence-electron chi connectivity index (χ3n) is 3.24. The van der Waals surface area contributed by atoms with E-state index >= 15 is 0 Å². The summed E-state index contributed by atoms with van der Waals surface area (Å²) in [5.74, 6) is -0.743. The summed E-state index contributed by atoms with van der Waals surface area (Å²) >= 11 is 4.80. The van der Waals surface area contributed by atoms with Crippen molar-refractivity contribution in [3.05, 3.63) is 23.9 Å². The van der Waals surface area contributed by atoms with Crippen molar-refractivity contribution in [1.29, 1.82) is 0 Å². The van der Waals surface area contributed by atoms with E-state index in [9.17, 15) is 13.2 Å². The first kappa shape index (κ1) is 14.0. The van der Waals surface area contributed by atoms with Gasteiger partial charge >= 0.3 is 6.18 Å². The Balaban J connectivity index is 2.11. The minimum atomic E-state index is -4.14. The zero-order valence-corrected chi connectivity index (χ0v) is 11.0. The molecule has 0 aliphatic carbocycles. The van der Waals surface area contributed by atoms with Gasteiger partial charge in [-0.1, -0.05) is 12.2 Å². The molecule has 1 aromatic heterocycles. The van der Waals surface area contributed by atoms with E-state index in [1.165, 1.54) is 6.20 Å². The van der Waals surface area contributed by atoms with Crippen molar-refractivity contribution < 1.29 is 13.2 Å². The van der Waals surface area contributed by atoms with Crippen LogP contribution >= 0.6 is 12.2 Å². The molecule has 2 N–H and O–H groups in total. The standard InChI is InChI=1S/C12H14F3N3S/c13-12(14,15)9-2-1-5-18(7-9)10-4-3-8(6-17-10)11(16)19/h3-4,6,9H,1-2,5,7H2,(H2,16,19). The van der Waals surface area contributed by atoms with Crippen LogP contribution in [0.3, 0.4) is 0 Å². The molecule has 1 aliphatic rings. The highest BCUT2D eigenvalue weighted by Gasteiger charge is 2.41. The number of rotatable bonds is 2. The molecule has 0 bridgehead atoms. The van der Waals surface area contributed by atoms with Gasteiger partial charge < -0.3 is 10.6 Å². The molecule has 3 nitrogen and oxygen atoms in total. The first-order valence-corrected chi connectivity index (χ1v) is 6.36. The summed E-state index contributed by atoms with van der Waals surface area (Å²) in [5.41, 5.74) is 6.06. The third kappa shape index (κ3) is 3.34. The van der Waals surface area contributed by atoms with Crippen LogP contribution in [0.1, 0.15) is 18.4 Å². The molecule has 0 spiro atoms. The van der Waals surface area contributed by atoms with Gasteiger partial charge in [0.25, 0.3) is 0 Å². The van der Waals surface area contributed by atoms with Crippen LogP contribution < -0.4 is 10.6 Å². The third-order valence-corrected chi connectivity index (χ3v) is 3.48. The van der Waals surface area contributed by atoms with E-state index in [1.54, 1.807) is 17.0 Å². The van der Waals surface area contributed by atoms with Crippen molar-refractivity contribution >= 4 is 23.0 Å². The molecule has 0 saturated carbocycles. The summed E-state index contributed by atoms with van der Waals surface area (Å²) in [6.45, 7) is 0.551. The highest BCUT2D eigenvalue weighted by molar-refractivity contribution is 7.80. The van der Waals surface area contributed by atoms with Crippen molar-refractivity contribution in [2.45, 2.75) is 19.0 Å². The number of hydrogen-bond acceptors (Lipinski definition) is 3. The van der Waals surface area contributed by atoms with E-state index in [2.05, 4.69) is 4.98 Å². The zero-order valence-electron chi connectivity index (χ0n) is 10.2. The van der Waals surface area contributed by atoms with Gasteiger partial charge in [0.2, 0.25) is 0 Å². The van der Waals surface area contributed by atoms with Crippen LogP contribution in [0, 0.1) is 5.92 Å². The SMILES string of the molecule is NC(=S)c1ccc(N2CCCC(C(F)(F)F)C2)nc1. The minimum absolute atomic E-state index is 0.0388. The van der Waals surface area contributed by atoms with Gasteiger partial charge in [0.1, 0.15) is 10.8 Å². The first-order valence-electron chi connectivity index (χ1n) is 5.95. The molecular weight excluding hydrogens is 275 g/mol. The van der Waals surface area contributed by atoms with Crippen LogP contribution in [0.2, 0.25) is 0 Å². The Morgan fingerprint density at radius 3 is 2.68 bits per heavy atom. The van der Waals surface area contributed by atoms with Gasteiger partial charge in [-0.05, 0) is 25.0 Å². The van der Waals surface area contributed by atoms with E-state index < -0.39 is 12.1 Å². The van der Waals surface area contributed by atoms with Crippen LogP contribution in [0.5, 0.6) is 0 Å². The highest BCUT2D eigenvalue weighted by Crippen LogP contribution is 2.34. The largest absolute Gasteiger partial charge is 0.393 e. The molecule has 1 atom stereocenters. The number of hydrogen-bond donors (Lipinski definition) is 1. The van der Waals surface area contributed by atoms with Crippen LogP contribution in [0.4, 0.5) is 19.0 Å².